The van der Waals surface area contributed by atoms with E-state index in [9.17, 15) is 0 Å². The van der Waals surface area contributed by atoms with Crippen LogP contribution in [0, 0.1) is 0 Å². The second-order valence-electron chi connectivity index (χ2n) is 6.51. The zero-order valence-electron chi connectivity index (χ0n) is 11.8. The Labute approximate surface area is 107 Å². The van der Waals surface area contributed by atoms with E-state index in [-0.39, 0.29) is 0 Å². The van der Waals surface area contributed by atoms with E-state index in [0.717, 1.165) is 6.04 Å². The molecule has 100 valence electrons. The van der Waals surface area contributed by atoms with Crippen LogP contribution in [0.5, 0.6) is 0 Å². The van der Waals surface area contributed by atoms with Crippen molar-refractivity contribution < 1.29 is 0 Å². The van der Waals surface area contributed by atoms with Crippen LogP contribution in [0.4, 0.5) is 0 Å². The van der Waals surface area contributed by atoms with Gasteiger partial charge in [-0.25, -0.2) is 0 Å². The molecule has 1 atom stereocenters. The Morgan fingerprint density at radius 2 is 1.76 bits per heavy atom. The molecule has 1 saturated heterocycles. The van der Waals surface area contributed by atoms with Crippen molar-refractivity contribution in [3.63, 3.8) is 0 Å². The van der Waals surface area contributed by atoms with E-state index in [0.29, 0.717) is 5.54 Å². The van der Waals surface area contributed by atoms with Crippen molar-refractivity contribution in [1.29, 1.82) is 0 Å². The van der Waals surface area contributed by atoms with Gasteiger partial charge in [-0.15, -0.1) is 0 Å². The molecule has 1 unspecified atom stereocenters. The van der Waals surface area contributed by atoms with Gasteiger partial charge in [-0.05, 0) is 46.2 Å². The van der Waals surface area contributed by atoms with Gasteiger partial charge in [-0.3, -0.25) is 0 Å². The molecule has 0 aromatic carbocycles. The third kappa shape index (κ3) is 3.96. The summed E-state index contributed by atoms with van der Waals surface area (Å²) in [6, 6.07) is 0.845. The lowest BCUT2D eigenvalue weighted by atomic mass is 9.89. The number of rotatable bonds is 3. The number of nitrogens with zero attached hydrogens (tertiary/aromatic N) is 1. The van der Waals surface area contributed by atoms with Crippen molar-refractivity contribution in [1.82, 2.24) is 10.2 Å². The molecule has 0 aromatic heterocycles. The molecule has 1 saturated carbocycles. The van der Waals surface area contributed by atoms with E-state index < -0.39 is 0 Å². The zero-order chi connectivity index (χ0) is 12.1. The van der Waals surface area contributed by atoms with Gasteiger partial charge in [0, 0.05) is 18.1 Å². The van der Waals surface area contributed by atoms with E-state index in [1.807, 2.05) is 0 Å². The molecule has 0 aromatic rings. The maximum Gasteiger partial charge on any atom is 0.0280 e. The van der Waals surface area contributed by atoms with Crippen LogP contribution in [0.1, 0.15) is 64.7 Å². The Morgan fingerprint density at radius 3 is 2.35 bits per heavy atom. The molecule has 2 heteroatoms. The van der Waals surface area contributed by atoms with Crippen LogP contribution in [0.2, 0.25) is 0 Å². The topological polar surface area (TPSA) is 15.3 Å². The fourth-order valence-corrected chi connectivity index (χ4v) is 3.63. The standard InChI is InChI=1S/C15H30N2/c1-15(11-7-8-12-16-15)13-17(2)14-9-5-3-4-6-10-14/h14,16H,3-13H2,1-2H3. The molecule has 1 heterocycles. The molecule has 0 bridgehead atoms. The van der Waals surface area contributed by atoms with Gasteiger partial charge >= 0.3 is 0 Å². The maximum atomic E-state index is 3.74. The second-order valence-corrected chi connectivity index (χ2v) is 6.51. The molecule has 0 radical (unpaired) electrons. The molecule has 2 nitrogen and oxygen atoms in total. The summed E-state index contributed by atoms with van der Waals surface area (Å²) in [5.41, 5.74) is 0.374. The van der Waals surface area contributed by atoms with Crippen LogP contribution in [-0.2, 0) is 0 Å². The highest BCUT2D eigenvalue weighted by Crippen LogP contribution is 2.25. The van der Waals surface area contributed by atoms with Crippen molar-refractivity contribution in [2.24, 2.45) is 0 Å². The van der Waals surface area contributed by atoms with E-state index in [2.05, 4.69) is 24.2 Å². The third-order valence-corrected chi connectivity index (χ3v) is 4.75. The van der Waals surface area contributed by atoms with Crippen LogP contribution in [0.15, 0.2) is 0 Å². The molecule has 2 rings (SSSR count). The maximum absolute atomic E-state index is 3.74. The van der Waals surface area contributed by atoms with Crippen LogP contribution in [0.3, 0.4) is 0 Å². The van der Waals surface area contributed by atoms with Crippen LogP contribution in [-0.4, -0.2) is 36.6 Å². The lowest BCUT2D eigenvalue weighted by Crippen LogP contribution is -2.54. The molecule has 0 amide bonds. The summed E-state index contributed by atoms with van der Waals surface area (Å²) in [6.45, 7) is 4.87. The first-order valence-electron chi connectivity index (χ1n) is 7.65. The summed E-state index contributed by atoms with van der Waals surface area (Å²) in [6.07, 6.45) is 12.8. The average molecular weight is 238 g/mol. The van der Waals surface area contributed by atoms with Gasteiger partial charge in [0.05, 0.1) is 0 Å². The third-order valence-electron chi connectivity index (χ3n) is 4.75. The minimum atomic E-state index is 0.374. The van der Waals surface area contributed by atoms with Crippen LogP contribution in [0.25, 0.3) is 0 Å². The van der Waals surface area contributed by atoms with Crippen molar-refractivity contribution in [2.75, 3.05) is 20.1 Å². The lowest BCUT2D eigenvalue weighted by Gasteiger charge is -2.40. The summed E-state index contributed by atoms with van der Waals surface area (Å²) >= 11 is 0. The van der Waals surface area contributed by atoms with Gasteiger partial charge in [0.1, 0.15) is 0 Å². The van der Waals surface area contributed by atoms with Crippen LogP contribution < -0.4 is 5.32 Å². The van der Waals surface area contributed by atoms with Gasteiger partial charge in [0.2, 0.25) is 0 Å². The molecular formula is C15H30N2. The number of nitrogens with one attached hydrogen (secondary N) is 1. The van der Waals surface area contributed by atoms with Gasteiger partial charge in [0.15, 0.2) is 0 Å². The molecule has 17 heavy (non-hydrogen) atoms. The number of piperidine rings is 1. The molecule has 2 aliphatic rings. The Bertz CT molecular complexity index is 213. The van der Waals surface area contributed by atoms with Gasteiger partial charge < -0.3 is 10.2 Å². The lowest BCUT2D eigenvalue weighted by molar-refractivity contribution is 0.140. The van der Waals surface area contributed by atoms with E-state index in [4.69, 9.17) is 0 Å². The first kappa shape index (κ1) is 13.4. The van der Waals surface area contributed by atoms with E-state index in [1.54, 1.807) is 0 Å². The fourth-order valence-electron chi connectivity index (χ4n) is 3.63. The molecule has 1 aliphatic carbocycles. The SMILES string of the molecule is CN(CC1(C)CCCCN1)C1CCCCCC1. The molecular weight excluding hydrogens is 208 g/mol. The minimum absolute atomic E-state index is 0.374. The molecule has 2 fully saturated rings. The van der Waals surface area contributed by atoms with Crippen molar-refractivity contribution in [3.8, 4) is 0 Å². The summed E-state index contributed by atoms with van der Waals surface area (Å²) in [7, 11) is 2.34. The van der Waals surface area contributed by atoms with Gasteiger partial charge in [0.25, 0.3) is 0 Å². The van der Waals surface area contributed by atoms with E-state index >= 15 is 0 Å². The van der Waals surface area contributed by atoms with Crippen molar-refractivity contribution in [3.05, 3.63) is 0 Å². The quantitative estimate of drug-likeness (QED) is 0.760. The largest absolute Gasteiger partial charge is 0.310 e. The first-order valence-corrected chi connectivity index (χ1v) is 7.65. The van der Waals surface area contributed by atoms with Gasteiger partial charge in [-0.2, -0.15) is 0 Å². The van der Waals surface area contributed by atoms with Gasteiger partial charge in [-0.1, -0.05) is 32.1 Å². The van der Waals surface area contributed by atoms with E-state index in [1.165, 1.54) is 70.9 Å². The predicted molar refractivity (Wildman–Crippen MR) is 74.4 cm³/mol. The number of hydrogen-bond acceptors (Lipinski definition) is 2. The molecule has 0 spiro atoms. The summed E-state index contributed by atoms with van der Waals surface area (Å²) in [5.74, 6) is 0. The number of likely N-dealkylation sites (N-methyl/N-ethyl adjacent to an activating group) is 1. The van der Waals surface area contributed by atoms with Crippen molar-refractivity contribution in [2.45, 2.75) is 76.3 Å². The Balaban J connectivity index is 1.83. The first-order chi connectivity index (χ1) is 8.20. The zero-order valence-corrected chi connectivity index (χ0v) is 11.8. The Kier molecular flexibility index (Phi) is 4.87. The normalized spacial score (nSPS) is 32.6. The highest BCUT2D eigenvalue weighted by Gasteiger charge is 2.29. The van der Waals surface area contributed by atoms with Crippen LogP contribution >= 0.6 is 0 Å². The summed E-state index contributed by atoms with van der Waals surface area (Å²) in [4.78, 5) is 2.64. The monoisotopic (exact) mass is 238 g/mol. The molecule has 1 N–H and O–H groups in total. The van der Waals surface area contributed by atoms with Crippen molar-refractivity contribution >= 4 is 0 Å². The average Bonchev–Trinajstić information content (AvgIpc) is 2.57. The second kappa shape index (κ2) is 6.19. The molecule has 1 aliphatic heterocycles. The summed E-state index contributed by atoms with van der Waals surface area (Å²) in [5, 5.41) is 3.74. The number of hydrogen-bond donors (Lipinski definition) is 1. The minimum Gasteiger partial charge on any atom is -0.310 e. The Hall–Kier alpha value is -0.0800. The highest BCUT2D eigenvalue weighted by molar-refractivity contribution is 4.90. The Morgan fingerprint density at radius 1 is 1.06 bits per heavy atom. The smallest absolute Gasteiger partial charge is 0.0280 e. The summed E-state index contributed by atoms with van der Waals surface area (Å²) < 4.78 is 0. The predicted octanol–water partition coefficient (Wildman–Crippen LogP) is 3.17. The highest BCUT2D eigenvalue weighted by atomic mass is 15.2. The fraction of sp³-hybridized carbons (Fsp3) is 1.00.